The van der Waals surface area contributed by atoms with E-state index in [-0.39, 0.29) is 31.1 Å². The number of unbranched alkanes of at least 4 members (excludes halogenated alkanes) is 40. The molecule has 6 heteroatoms. The molecule has 0 spiro atoms. The van der Waals surface area contributed by atoms with E-state index in [1.54, 1.807) is 0 Å². The van der Waals surface area contributed by atoms with Gasteiger partial charge in [0, 0.05) is 19.3 Å². The van der Waals surface area contributed by atoms with Gasteiger partial charge >= 0.3 is 17.9 Å². The van der Waals surface area contributed by atoms with Crippen molar-refractivity contribution < 1.29 is 28.6 Å². The smallest absolute Gasteiger partial charge is 0.306 e. The summed E-state index contributed by atoms with van der Waals surface area (Å²) in [6.45, 7) is 9.09. The van der Waals surface area contributed by atoms with Crippen LogP contribution in [0.4, 0.5) is 0 Å². The molecule has 0 fully saturated rings. The summed E-state index contributed by atoms with van der Waals surface area (Å²) in [6, 6.07) is 0. The van der Waals surface area contributed by atoms with Crippen molar-refractivity contribution >= 4 is 17.9 Å². The van der Waals surface area contributed by atoms with Crippen molar-refractivity contribution in [3.63, 3.8) is 0 Å². The van der Waals surface area contributed by atoms with E-state index in [4.69, 9.17) is 14.2 Å². The molecule has 0 radical (unpaired) electrons. The predicted octanol–water partition coefficient (Wildman–Crippen LogP) is 19.4. The Morgan fingerprint density at radius 3 is 0.800 bits per heavy atom. The first-order chi connectivity index (χ1) is 31.9. The van der Waals surface area contributed by atoms with Crippen molar-refractivity contribution in [2.45, 2.75) is 342 Å². The van der Waals surface area contributed by atoms with Gasteiger partial charge < -0.3 is 14.2 Å². The first-order valence-corrected chi connectivity index (χ1v) is 29.4. The van der Waals surface area contributed by atoms with Crippen LogP contribution in [0.2, 0.25) is 0 Å². The molecule has 0 bridgehead atoms. The molecule has 2 atom stereocenters. The number of rotatable bonds is 54. The lowest BCUT2D eigenvalue weighted by Gasteiger charge is -2.18. The Hall–Kier alpha value is -1.59. The van der Waals surface area contributed by atoms with Gasteiger partial charge in [0.2, 0.25) is 0 Å². The van der Waals surface area contributed by atoms with Gasteiger partial charge in [-0.1, -0.05) is 297 Å². The van der Waals surface area contributed by atoms with Crippen molar-refractivity contribution in [3.05, 3.63) is 0 Å². The van der Waals surface area contributed by atoms with Crippen LogP contribution in [0.15, 0.2) is 0 Å². The summed E-state index contributed by atoms with van der Waals surface area (Å²) in [5.74, 6) is 0.0602. The van der Waals surface area contributed by atoms with Gasteiger partial charge in [-0.3, -0.25) is 14.4 Å². The molecule has 0 heterocycles. The van der Waals surface area contributed by atoms with Crippen LogP contribution in [-0.2, 0) is 28.6 Å². The van der Waals surface area contributed by atoms with Crippen LogP contribution in [0.1, 0.15) is 336 Å². The van der Waals surface area contributed by atoms with Crippen LogP contribution >= 0.6 is 0 Å². The van der Waals surface area contributed by atoms with Gasteiger partial charge in [-0.15, -0.1) is 0 Å². The molecule has 0 N–H and O–H groups in total. The molecule has 0 aromatic heterocycles. The van der Waals surface area contributed by atoms with E-state index in [0.29, 0.717) is 19.3 Å². The van der Waals surface area contributed by atoms with Gasteiger partial charge in [-0.05, 0) is 25.2 Å². The highest BCUT2D eigenvalue weighted by Gasteiger charge is 2.19. The average molecular weight is 920 g/mol. The van der Waals surface area contributed by atoms with E-state index in [0.717, 1.165) is 63.7 Å². The molecular formula is C59H114O6. The zero-order valence-corrected chi connectivity index (χ0v) is 44.5. The van der Waals surface area contributed by atoms with Crippen LogP contribution < -0.4 is 0 Å². The Bertz CT molecular complexity index is 982. The minimum atomic E-state index is -0.761. The van der Waals surface area contributed by atoms with Crippen LogP contribution in [-0.4, -0.2) is 37.2 Å². The van der Waals surface area contributed by atoms with Crippen molar-refractivity contribution in [2.75, 3.05) is 13.2 Å². The van der Waals surface area contributed by atoms with Crippen molar-refractivity contribution in [2.24, 2.45) is 5.92 Å². The van der Waals surface area contributed by atoms with E-state index >= 15 is 0 Å². The van der Waals surface area contributed by atoms with E-state index < -0.39 is 6.10 Å². The highest BCUT2D eigenvalue weighted by Crippen LogP contribution is 2.18. The molecule has 0 aliphatic carbocycles. The maximum Gasteiger partial charge on any atom is 0.306 e. The van der Waals surface area contributed by atoms with Crippen LogP contribution in [0.3, 0.4) is 0 Å². The number of carbonyl (C=O) groups excluding carboxylic acids is 3. The molecule has 0 aliphatic heterocycles. The summed E-state index contributed by atoms with van der Waals surface area (Å²) in [6.07, 6.45) is 58.0. The number of carbonyl (C=O) groups is 3. The molecule has 0 saturated heterocycles. The highest BCUT2D eigenvalue weighted by atomic mass is 16.6. The second kappa shape index (κ2) is 53.4. The molecule has 0 aromatic carbocycles. The number of ether oxygens (including phenoxy) is 3. The second-order valence-corrected chi connectivity index (χ2v) is 20.5. The summed E-state index contributed by atoms with van der Waals surface area (Å²) in [5, 5.41) is 0. The molecule has 0 aliphatic rings. The Morgan fingerprint density at radius 1 is 0.308 bits per heavy atom. The average Bonchev–Trinajstić information content (AvgIpc) is 3.30. The first-order valence-electron chi connectivity index (χ1n) is 29.4. The van der Waals surface area contributed by atoms with Gasteiger partial charge in [0.05, 0.1) is 0 Å². The maximum atomic E-state index is 12.8. The van der Waals surface area contributed by atoms with Gasteiger partial charge in [-0.25, -0.2) is 0 Å². The maximum absolute atomic E-state index is 12.8. The van der Waals surface area contributed by atoms with Crippen molar-refractivity contribution in [1.82, 2.24) is 0 Å². The fourth-order valence-electron chi connectivity index (χ4n) is 9.07. The standard InChI is InChI=1S/C59H114O6/c1-5-8-10-12-14-16-18-19-20-21-22-23-27-31-34-38-42-46-50-57(60)63-53-56(65-59(62)52-48-44-40-36-29-17-15-13-11-9-6-2)54-64-58(61)51-47-43-39-35-32-28-25-24-26-30-33-37-41-45-49-55(4)7-3/h55-56H,5-54H2,1-4H3/t55?,56-/m1/s1. The lowest BCUT2D eigenvalue weighted by Crippen LogP contribution is -2.30. The molecule has 65 heavy (non-hydrogen) atoms. The Balaban J connectivity index is 4.23. The topological polar surface area (TPSA) is 78.9 Å². The zero-order valence-electron chi connectivity index (χ0n) is 44.5. The van der Waals surface area contributed by atoms with Crippen molar-refractivity contribution in [3.8, 4) is 0 Å². The Labute approximate surface area is 406 Å². The van der Waals surface area contributed by atoms with Crippen molar-refractivity contribution in [1.29, 1.82) is 0 Å². The third kappa shape index (κ3) is 51.6. The van der Waals surface area contributed by atoms with E-state index in [9.17, 15) is 14.4 Å². The minimum absolute atomic E-state index is 0.0618. The molecule has 0 aromatic rings. The molecule has 6 nitrogen and oxygen atoms in total. The molecule has 0 rings (SSSR count). The highest BCUT2D eigenvalue weighted by molar-refractivity contribution is 5.71. The monoisotopic (exact) mass is 919 g/mol. The van der Waals surface area contributed by atoms with Gasteiger partial charge in [0.15, 0.2) is 6.10 Å². The number of hydrogen-bond donors (Lipinski definition) is 0. The van der Waals surface area contributed by atoms with Crippen LogP contribution in [0.25, 0.3) is 0 Å². The fourth-order valence-corrected chi connectivity index (χ4v) is 9.07. The summed E-state index contributed by atoms with van der Waals surface area (Å²) in [5.41, 5.74) is 0. The first kappa shape index (κ1) is 63.4. The Morgan fingerprint density at radius 2 is 0.538 bits per heavy atom. The summed E-state index contributed by atoms with van der Waals surface area (Å²) in [7, 11) is 0. The lowest BCUT2D eigenvalue weighted by atomic mass is 9.99. The number of hydrogen-bond acceptors (Lipinski definition) is 6. The quantitative estimate of drug-likeness (QED) is 0.0344. The fraction of sp³-hybridized carbons (Fsp3) is 0.949. The third-order valence-electron chi connectivity index (χ3n) is 13.9. The molecule has 1 unspecified atom stereocenters. The third-order valence-corrected chi connectivity index (χ3v) is 13.9. The largest absolute Gasteiger partial charge is 0.462 e. The molecule has 0 saturated carbocycles. The zero-order chi connectivity index (χ0) is 47.4. The summed E-state index contributed by atoms with van der Waals surface area (Å²) in [4.78, 5) is 38.1. The molecule has 386 valence electrons. The van der Waals surface area contributed by atoms with Crippen LogP contribution in [0, 0.1) is 5.92 Å². The predicted molar refractivity (Wildman–Crippen MR) is 280 cm³/mol. The minimum Gasteiger partial charge on any atom is -0.462 e. The SMILES string of the molecule is CCCCCCCCCCCCCCCCCCCCC(=O)OC[C@H](COC(=O)CCCCCCCCCCCCCCCCC(C)CC)OC(=O)CCCCCCCCCCCCC. The molecular weight excluding hydrogens is 805 g/mol. The van der Waals surface area contributed by atoms with Gasteiger partial charge in [0.25, 0.3) is 0 Å². The normalized spacial score (nSPS) is 12.4. The van der Waals surface area contributed by atoms with Crippen LogP contribution in [0.5, 0.6) is 0 Å². The van der Waals surface area contributed by atoms with E-state index in [1.165, 1.54) is 231 Å². The lowest BCUT2D eigenvalue weighted by molar-refractivity contribution is -0.167. The van der Waals surface area contributed by atoms with Gasteiger partial charge in [0.1, 0.15) is 13.2 Å². The molecule has 0 amide bonds. The summed E-state index contributed by atoms with van der Waals surface area (Å²) < 4.78 is 16.9. The van der Waals surface area contributed by atoms with E-state index in [1.807, 2.05) is 0 Å². The second-order valence-electron chi connectivity index (χ2n) is 20.5. The number of esters is 3. The van der Waals surface area contributed by atoms with Gasteiger partial charge in [-0.2, -0.15) is 0 Å². The Kier molecular flexibility index (Phi) is 52.1. The van der Waals surface area contributed by atoms with E-state index in [2.05, 4.69) is 27.7 Å². The summed E-state index contributed by atoms with van der Waals surface area (Å²) >= 11 is 0.